The Morgan fingerprint density at radius 2 is 1.95 bits per heavy atom. The fraction of sp³-hybridized carbons (Fsp3) is 0. The summed E-state index contributed by atoms with van der Waals surface area (Å²) in [6, 6.07) is 15.3. The van der Waals surface area contributed by atoms with Crippen LogP contribution in [0.15, 0.2) is 58.7 Å². The lowest BCUT2D eigenvalue weighted by atomic mass is 10.2. The van der Waals surface area contributed by atoms with Gasteiger partial charge in [-0.3, -0.25) is 0 Å². The number of benzene rings is 2. The molecule has 0 radical (unpaired) electrons. The maximum atomic E-state index is 9.18. The van der Waals surface area contributed by atoms with Crippen LogP contribution in [0.1, 0.15) is 5.56 Å². The minimum Gasteiger partial charge on any atom is -0.399 e. The number of nitrogen functional groups attached to an aromatic ring is 1. The Morgan fingerprint density at radius 1 is 1.10 bits per heavy atom. The summed E-state index contributed by atoms with van der Waals surface area (Å²) in [6.07, 6.45) is 1.54. The molecule has 0 unspecified atom stereocenters. The average Bonchev–Trinajstić information content (AvgIpc) is 2.49. The highest BCUT2D eigenvalue weighted by molar-refractivity contribution is 7.99. The van der Waals surface area contributed by atoms with Gasteiger partial charge in [-0.25, -0.2) is 9.97 Å². The van der Waals surface area contributed by atoms with Crippen LogP contribution in [-0.2, 0) is 0 Å². The molecule has 1 heterocycles. The summed E-state index contributed by atoms with van der Waals surface area (Å²) in [5.41, 5.74) is 7.72. The second-order valence-corrected chi connectivity index (χ2v) is 5.20. The average molecular weight is 278 g/mol. The minimum atomic E-state index is 0.553. The summed E-state index contributed by atoms with van der Waals surface area (Å²) in [6.45, 7) is 0. The number of nitrogens with zero attached hydrogens (tertiary/aromatic N) is 3. The van der Waals surface area contributed by atoms with Gasteiger partial charge in [0.1, 0.15) is 17.4 Å². The Balaban J connectivity index is 2.08. The van der Waals surface area contributed by atoms with E-state index in [2.05, 4.69) is 16.0 Å². The van der Waals surface area contributed by atoms with Gasteiger partial charge in [0.25, 0.3) is 0 Å². The van der Waals surface area contributed by atoms with E-state index in [0.717, 1.165) is 20.8 Å². The van der Waals surface area contributed by atoms with Crippen molar-refractivity contribution in [1.29, 1.82) is 5.26 Å². The SMILES string of the molecule is N#Cc1cc(N)ccc1Sc1ncnc2ccccc12. The second kappa shape index (κ2) is 5.19. The predicted molar refractivity (Wildman–Crippen MR) is 79.2 cm³/mol. The first-order chi connectivity index (χ1) is 9.78. The van der Waals surface area contributed by atoms with Crippen LogP contribution in [0.25, 0.3) is 10.9 Å². The molecule has 2 aromatic carbocycles. The third kappa shape index (κ3) is 2.29. The Labute approximate surface area is 120 Å². The van der Waals surface area contributed by atoms with Crippen LogP contribution in [0.2, 0.25) is 0 Å². The van der Waals surface area contributed by atoms with Crippen molar-refractivity contribution in [3.05, 3.63) is 54.4 Å². The number of para-hydroxylation sites is 1. The van der Waals surface area contributed by atoms with E-state index in [-0.39, 0.29) is 0 Å². The van der Waals surface area contributed by atoms with E-state index in [0.29, 0.717) is 11.3 Å². The molecule has 20 heavy (non-hydrogen) atoms. The van der Waals surface area contributed by atoms with Crippen molar-refractivity contribution in [1.82, 2.24) is 9.97 Å². The van der Waals surface area contributed by atoms with Gasteiger partial charge in [-0.2, -0.15) is 5.26 Å². The molecule has 0 saturated heterocycles. The molecule has 0 atom stereocenters. The molecule has 0 bridgehead atoms. The fourth-order valence-electron chi connectivity index (χ4n) is 1.89. The summed E-state index contributed by atoms with van der Waals surface area (Å²) in [7, 11) is 0. The highest BCUT2D eigenvalue weighted by Gasteiger charge is 2.09. The molecule has 0 saturated carbocycles. The number of hydrogen-bond acceptors (Lipinski definition) is 5. The molecule has 1 aromatic heterocycles. The van der Waals surface area contributed by atoms with Crippen LogP contribution in [-0.4, -0.2) is 9.97 Å². The van der Waals surface area contributed by atoms with Gasteiger partial charge < -0.3 is 5.73 Å². The zero-order valence-corrected chi connectivity index (χ0v) is 11.3. The third-order valence-electron chi connectivity index (χ3n) is 2.84. The summed E-state index contributed by atoms with van der Waals surface area (Å²) in [5.74, 6) is 0. The van der Waals surface area contributed by atoms with Gasteiger partial charge in [0.15, 0.2) is 0 Å². The first kappa shape index (κ1) is 12.5. The molecule has 5 heteroatoms. The Morgan fingerprint density at radius 3 is 2.80 bits per heavy atom. The molecular formula is C15H10N4S. The van der Waals surface area contributed by atoms with E-state index < -0.39 is 0 Å². The van der Waals surface area contributed by atoms with Crippen molar-refractivity contribution in [2.75, 3.05) is 5.73 Å². The van der Waals surface area contributed by atoms with Gasteiger partial charge in [-0.1, -0.05) is 30.0 Å². The van der Waals surface area contributed by atoms with Gasteiger partial charge >= 0.3 is 0 Å². The first-order valence-electron chi connectivity index (χ1n) is 5.95. The number of aromatic nitrogens is 2. The van der Waals surface area contributed by atoms with E-state index in [9.17, 15) is 5.26 Å². The number of nitrogens with two attached hydrogens (primary N) is 1. The Bertz CT molecular complexity index is 818. The molecule has 3 rings (SSSR count). The van der Waals surface area contributed by atoms with Crippen molar-refractivity contribution in [3.8, 4) is 6.07 Å². The number of anilines is 1. The Kier molecular flexibility index (Phi) is 3.23. The van der Waals surface area contributed by atoms with E-state index in [1.54, 1.807) is 12.1 Å². The minimum absolute atomic E-state index is 0.553. The zero-order valence-electron chi connectivity index (χ0n) is 10.4. The van der Waals surface area contributed by atoms with Crippen molar-refractivity contribution >= 4 is 28.4 Å². The van der Waals surface area contributed by atoms with Crippen LogP contribution < -0.4 is 5.73 Å². The largest absolute Gasteiger partial charge is 0.399 e. The highest BCUT2D eigenvalue weighted by Crippen LogP contribution is 2.33. The van der Waals surface area contributed by atoms with Gasteiger partial charge in [0.05, 0.1) is 11.1 Å². The molecular weight excluding hydrogens is 268 g/mol. The lowest BCUT2D eigenvalue weighted by molar-refractivity contribution is 1.10. The van der Waals surface area contributed by atoms with Gasteiger partial charge in [0.2, 0.25) is 0 Å². The van der Waals surface area contributed by atoms with E-state index in [1.165, 1.54) is 18.1 Å². The second-order valence-electron chi connectivity index (χ2n) is 4.17. The lowest BCUT2D eigenvalue weighted by Gasteiger charge is -2.06. The highest BCUT2D eigenvalue weighted by atomic mass is 32.2. The number of nitriles is 1. The molecule has 0 spiro atoms. The number of rotatable bonds is 2. The topological polar surface area (TPSA) is 75.6 Å². The number of fused-ring (bicyclic) bond motifs is 1. The Hall–Kier alpha value is -2.58. The molecule has 0 amide bonds. The van der Waals surface area contributed by atoms with E-state index in [4.69, 9.17) is 5.73 Å². The molecule has 0 aliphatic rings. The lowest BCUT2D eigenvalue weighted by Crippen LogP contribution is -1.90. The van der Waals surface area contributed by atoms with Gasteiger partial charge in [-0.15, -0.1) is 0 Å². The van der Waals surface area contributed by atoms with Crippen LogP contribution in [0, 0.1) is 11.3 Å². The monoisotopic (exact) mass is 278 g/mol. The summed E-state index contributed by atoms with van der Waals surface area (Å²) >= 11 is 1.45. The molecule has 0 fully saturated rings. The van der Waals surface area contributed by atoms with Crippen LogP contribution >= 0.6 is 11.8 Å². The first-order valence-corrected chi connectivity index (χ1v) is 6.77. The van der Waals surface area contributed by atoms with Crippen LogP contribution in [0.5, 0.6) is 0 Å². The van der Waals surface area contributed by atoms with Crippen LogP contribution in [0.3, 0.4) is 0 Å². The van der Waals surface area contributed by atoms with Crippen molar-refractivity contribution in [2.24, 2.45) is 0 Å². The molecule has 0 aliphatic carbocycles. The maximum Gasteiger partial charge on any atom is 0.117 e. The molecule has 96 valence electrons. The van der Waals surface area contributed by atoms with Crippen molar-refractivity contribution in [3.63, 3.8) is 0 Å². The summed E-state index contributed by atoms with van der Waals surface area (Å²) in [4.78, 5) is 9.38. The van der Waals surface area contributed by atoms with Gasteiger partial charge in [0, 0.05) is 16.0 Å². The standard InChI is InChI=1S/C15H10N4S/c16-8-10-7-11(17)5-6-14(10)20-15-12-3-1-2-4-13(12)18-9-19-15/h1-7,9H,17H2. The predicted octanol–water partition coefficient (Wildman–Crippen LogP) is 3.23. The number of hydrogen-bond donors (Lipinski definition) is 1. The van der Waals surface area contributed by atoms with Crippen LogP contribution in [0.4, 0.5) is 5.69 Å². The maximum absolute atomic E-state index is 9.18. The van der Waals surface area contributed by atoms with Gasteiger partial charge in [-0.05, 0) is 24.3 Å². The van der Waals surface area contributed by atoms with E-state index >= 15 is 0 Å². The quantitative estimate of drug-likeness (QED) is 0.575. The molecule has 0 aliphatic heterocycles. The van der Waals surface area contributed by atoms with Crippen molar-refractivity contribution < 1.29 is 0 Å². The third-order valence-corrected chi connectivity index (χ3v) is 3.93. The van der Waals surface area contributed by atoms with E-state index in [1.807, 2.05) is 30.3 Å². The normalized spacial score (nSPS) is 10.3. The smallest absolute Gasteiger partial charge is 0.117 e. The summed E-state index contributed by atoms with van der Waals surface area (Å²) in [5, 5.41) is 11.0. The summed E-state index contributed by atoms with van der Waals surface area (Å²) < 4.78 is 0. The molecule has 3 aromatic rings. The molecule has 2 N–H and O–H groups in total. The van der Waals surface area contributed by atoms with Crippen molar-refractivity contribution in [2.45, 2.75) is 9.92 Å². The fourth-order valence-corrected chi connectivity index (χ4v) is 2.83. The molecule has 4 nitrogen and oxygen atoms in total. The zero-order chi connectivity index (χ0) is 13.9.